The van der Waals surface area contributed by atoms with Gasteiger partial charge in [0.25, 0.3) is 0 Å². The maximum Gasteiger partial charge on any atom is 0.0950 e. The molecule has 0 spiro atoms. The lowest BCUT2D eigenvalue weighted by Crippen LogP contribution is -2.32. The smallest absolute Gasteiger partial charge is 0.0950 e. The van der Waals surface area contributed by atoms with Crippen molar-refractivity contribution in [1.82, 2.24) is 4.90 Å². The second-order valence-electron chi connectivity index (χ2n) is 10.0. The predicted octanol–water partition coefficient (Wildman–Crippen LogP) is 8.25. The standard InChI is InChI=1S/C30H42N2/c1-5-8-25(9-6-2)11-12-28-17-18-29(20-30(28)21-31)27-15-13-26(14-16-27)24(4)32-19-7-10-23(3)22-32/h13-18,23,25,29H,4-12,19-20,22H2,1-3H3. The molecular formula is C30H42N2. The van der Waals surface area contributed by atoms with E-state index in [9.17, 15) is 5.26 Å². The van der Waals surface area contributed by atoms with E-state index in [0.29, 0.717) is 5.92 Å². The van der Waals surface area contributed by atoms with Gasteiger partial charge in [0.1, 0.15) is 0 Å². The predicted molar refractivity (Wildman–Crippen MR) is 137 cm³/mol. The molecule has 1 saturated heterocycles. The Kier molecular flexibility index (Phi) is 9.22. The van der Waals surface area contributed by atoms with Crippen molar-refractivity contribution in [3.8, 4) is 6.07 Å². The van der Waals surface area contributed by atoms with E-state index >= 15 is 0 Å². The van der Waals surface area contributed by atoms with Crippen LogP contribution >= 0.6 is 0 Å². The summed E-state index contributed by atoms with van der Waals surface area (Å²) in [5.74, 6) is 1.84. The van der Waals surface area contributed by atoms with E-state index in [1.807, 2.05) is 0 Å². The summed E-state index contributed by atoms with van der Waals surface area (Å²) < 4.78 is 0. The molecule has 1 heterocycles. The van der Waals surface area contributed by atoms with Crippen LogP contribution in [-0.2, 0) is 0 Å². The topological polar surface area (TPSA) is 27.0 Å². The van der Waals surface area contributed by atoms with Gasteiger partial charge in [-0.1, -0.05) is 89.5 Å². The van der Waals surface area contributed by atoms with Gasteiger partial charge < -0.3 is 4.90 Å². The molecule has 0 N–H and O–H groups in total. The third-order valence-electron chi connectivity index (χ3n) is 7.40. The van der Waals surface area contributed by atoms with Gasteiger partial charge in [-0.05, 0) is 60.6 Å². The monoisotopic (exact) mass is 430 g/mol. The van der Waals surface area contributed by atoms with E-state index in [4.69, 9.17) is 0 Å². The van der Waals surface area contributed by atoms with Gasteiger partial charge in [0.05, 0.1) is 6.07 Å². The van der Waals surface area contributed by atoms with Crippen molar-refractivity contribution >= 4 is 5.70 Å². The SMILES string of the molecule is C=C(c1ccc(C2C=CC(CCC(CCC)CCC)=C(C#N)C2)cc1)N1CCCC(C)C1. The van der Waals surface area contributed by atoms with Crippen LogP contribution < -0.4 is 0 Å². The molecule has 0 amide bonds. The van der Waals surface area contributed by atoms with Crippen molar-refractivity contribution in [2.24, 2.45) is 11.8 Å². The quantitative estimate of drug-likeness (QED) is 0.373. The molecule has 2 nitrogen and oxygen atoms in total. The highest BCUT2D eigenvalue weighted by atomic mass is 15.1. The summed E-state index contributed by atoms with van der Waals surface area (Å²) >= 11 is 0. The number of nitriles is 1. The fourth-order valence-corrected chi connectivity index (χ4v) is 5.48. The van der Waals surface area contributed by atoms with Crippen LogP contribution in [0.25, 0.3) is 5.70 Å². The lowest BCUT2D eigenvalue weighted by Gasteiger charge is -2.34. The van der Waals surface area contributed by atoms with Gasteiger partial charge in [0, 0.05) is 30.3 Å². The van der Waals surface area contributed by atoms with Crippen molar-refractivity contribution in [2.45, 2.75) is 84.5 Å². The first-order valence-corrected chi connectivity index (χ1v) is 12.9. The van der Waals surface area contributed by atoms with Gasteiger partial charge in [-0.15, -0.1) is 0 Å². The number of hydrogen-bond acceptors (Lipinski definition) is 2. The third kappa shape index (κ3) is 6.38. The van der Waals surface area contributed by atoms with Gasteiger partial charge in [0.15, 0.2) is 0 Å². The summed E-state index contributed by atoms with van der Waals surface area (Å²) in [6, 6.07) is 11.4. The molecule has 1 fully saturated rings. The van der Waals surface area contributed by atoms with Crippen LogP contribution in [0.5, 0.6) is 0 Å². The van der Waals surface area contributed by atoms with Crippen LogP contribution in [0.1, 0.15) is 95.6 Å². The number of allylic oxidation sites excluding steroid dienone is 4. The van der Waals surface area contributed by atoms with Crippen LogP contribution in [0.4, 0.5) is 0 Å². The molecule has 1 aliphatic heterocycles. The van der Waals surface area contributed by atoms with Crippen LogP contribution in [0.3, 0.4) is 0 Å². The molecule has 2 unspecified atom stereocenters. The summed E-state index contributed by atoms with van der Waals surface area (Å²) in [7, 11) is 0. The Hall–Kier alpha value is -2.27. The highest BCUT2D eigenvalue weighted by molar-refractivity contribution is 5.62. The molecule has 0 radical (unpaired) electrons. The zero-order valence-electron chi connectivity index (χ0n) is 20.6. The summed E-state index contributed by atoms with van der Waals surface area (Å²) in [5.41, 5.74) is 5.92. The molecule has 2 atom stereocenters. The first-order valence-electron chi connectivity index (χ1n) is 12.9. The molecule has 1 aliphatic carbocycles. The number of hydrogen-bond donors (Lipinski definition) is 0. The summed E-state index contributed by atoms with van der Waals surface area (Å²) in [5, 5.41) is 9.82. The van der Waals surface area contributed by atoms with Gasteiger partial charge in [-0.3, -0.25) is 0 Å². The number of likely N-dealkylation sites (tertiary alicyclic amines) is 1. The molecule has 1 aromatic rings. The van der Waals surface area contributed by atoms with E-state index in [2.05, 4.69) is 74.7 Å². The molecular weight excluding hydrogens is 388 g/mol. The van der Waals surface area contributed by atoms with E-state index in [1.165, 1.54) is 61.6 Å². The largest absolute Gasteiger partial charge is 0.371 e. The van der Waals surface area contributed by atoms with E-state index in [0.717, 1.165) is 49.0 Å². The minimum Gasteiger partial charge on any atom is -0.371 e. The van der Waals surface area contributed by atoms with Gasteiger partial charge in [-0.2, -0.15) is 5.26 Å². The average molecular weight is 431 g/mol. The fraction of sp³-hybridized carbons (Fsp3) is 0.567. The zero-order valence-corrected chi connectivity index (χ0v) is 20.6. The van der Waals surface area contributed by atoms with Crippen LogP contribution in [0.15, 0.2) is 54.1 Å². The second-order valence-corrected chi connectivity index (χ2v) is 10.0. The molecule has 1 aromatic carbocycles. The van der Waals surface area contributed by atoms with Gasteiger partial charge in [0.2, 0.25) is 0 Å². The molecule has 0 aromatic heterocycles. The highest BCUT2D eigenvalue weighted by Crippen LogP contribution is 2.35. The average Bonchev–Trinajstić information content (AvgIpc) is 2.82. The van der Waals surface area contributed by atoms with Crippen molar-refractivity contribution in [1.29, 1.82) is 5.26 Å². The maximum absolute atomic E-state index is 9.82. The van der Waals surface area contributed by atoms with Gasteiger partial charge in [-0.25, -0.2) is 0 Å². The lowest BCUT2D eigenvalue weighted by atomic mass is 9.82. The summed E-state index contributed by atoms with van der Waals surface area (Å²) in [4.78, 5) is 2.44. The Balaban J connectivity index is 1.62. The number of rotatable bonds is 10. The minimum absolute atomic E-state index is 0.299. The molecule has 2 aliphatic rings. The molecule has 32 heavy (non-hydrogen) atoms. The highest BCUT2D eigenvalue weighted by Gasteiger charge is 2.21. The van der Waals surface area contributed by atoms with E-state index < -0.39 is 0 Å². The number of benzene rings is 1. The Morgan fingerprint density at radius 3 is 2.50 bits per heavy atom. The molecule has 0 saturated carbocycles. The molecule has 172 valence electrons. The van der Waals surface area contributed by atoms with E-state index in [-0.39, 0.29) is 0 Å². The Bertz CT molecular complexity index is 846. The second kappa shape index (κ2) is 12.1. The zero-order chi connectivity index (χ0) is 22.9. The summed E-state index contributed by atoms with van der Waals surface area (Å²) in [6.07, 6.45) is 15.4. The lowest BCUT2D eigenvalue weighted by molar-refractivity contribution is 0.261. The van der Waals surface area contributed by atoms with Crippen molar-refractivity contribution in [2.75, 3.05) is 13.1 Å². The van der Waals surface area contributed by atoms with Crippen molar-refractivity contribution in [3.05, 3.63) is 65.3 Å². The fourth-order valence-electron chi connectivity index (χ4n) is 5.48. The van der Waals surface area contributed by atoms with Crippen LogP contribution in [-0.4, -0.2) is 18.0 Å². The van der Waals surface area contributed by atoms with E-state index in [1.54, 1.807) is 0 Å². The number of nitrogens with zero attached hydrogens (tertiary/aromatic N) is 2. The maximum atomic E-state index is 9.82. The van der Waals surface area contributed by atoms with Gasteiger partial charge >= 0.3 is 0 Å². The van der Waals surface area contributed by atoms with Crippen LogP contribution in [0.2, 0.25) is 0 Å². The minimum atomic E-state index is 0.299. The Labute approximate surface area is 196 Å². The van der Waals surface area contributed by atoms with Crippen LogP contribution in [0, 0.1) is 23.2 Å². The molecule has 3 rings (SSSR count). The first-order chi connectivity index (χ1) is 15.5. The van der Waals surface area contributed by atoms with Crippen molar-refractivity contribution in [3.63, 3.8) is 0 Å². The third-order valence-corrected chi connectivity index (χ3v) is 7.40. The molecule has 0 bridgehead atoms. The van der Waals surface area contributed by atoms with Crippen molar-refractivity contribution < 1.29 is 0 Å². The summed E-state index contributed by atoms with van der Waals surface area (Å²) in [6.45, 7) is 13.5. The Morgan fingerprint density at radius 2 is 1.88 bits per heavy atom. The molecule has 2 heteroatoms. The normalized spacial score (nSPS) is 21.2. The first kappa shape index (κ1) is 24.4. The Morgan fingerprint density at radius 1 is 1.16 bits per heavy atom. The number of piperidine rings is 1.